The molecular formula is C18H21N9. The molecule has 1 fully saturated rings. The van der Waals surface area contributed by atoms with Crippen molar-refractivity contribution in [1.82, 2.24) is 34.5 Å². The molecule has 0 atom stereocenters. The van der Waals surface area contributed by atoms with E-state index in [2.05, 4.69) is 46.9 Å². The first-order chi connectivity index (χ1) is 13.3. The van der Waals surface area contributed by atoms with Gasteiger partial charge in [0.15, 0.2) is 5.82 Å². The number of aryl methyl sites for hydroxylation is 1. The van der Waals surface area contributed by atoms with E-state index in [-0.39, 0.29) is 0 Å². The van der Waals surface area contributed by atoms with Crippen LogP contribution in [0.3, 0.4) is 0 Å². The standard InChI is InChI=1S/C18H21N9/c1-2-14-23-24-18-17(20-6-9-27(14)18)26-8-3-7-25(10-11-26)16-13-4-5-19-15(13)21-12-22-16/h4-6,9,12H,2-3,7-8,10-11H2,1H3,(H,19,21,22). The summed E-state index contributed by atoms with van der Waals surface area (Å²) in [5, 5.41) is 9.74. The first-order valence-electron chi connectivity index (χ1n) is 9.31. The Kier molecular flexibility index (Phi) is 3.84. The molecule has 0 radical (unpaired) electrons. The molecule has 1 aliphatic rings. The molecule has 0 unspecified atom stereocenters. The molecule has 9 nitrogen and oxygen atoms in total. The fourth-order valence-corrected chi connectivity index (χ4v) is 3.78. The van der Waals surface area contributed by atoms with E-state index in [0.717, 1.165) is 73.2 Å². The Morgan fingerprint density at radius 3 is 2.70 bits per heavy atom. The molecule has 0 aliphatic carbocycles. The zero-order valence-corrected chi connectivity index (χ0v) is 15.2. The predicted octanol–water partition coefficient (Wildman–Crippen LogP) is 1.67. The van der Waals surface area contributed by atoms with Gasteiger partial charge in [0.25, 0.3) is 0 Å². The smallest absolute Gasteiger partial charge is 0.203 e. The van der Waals surface area contributed by atoms with Crippen LogP contribution >= 0.6 is 0 Å². The SMILES string of the molecule is CCc1nnc2c(N3CCCN(c4ncnc5[nH]ccc45)CC3)nccn12. The van der Waals surface area contributed by atoms with Crippen LogP contribution in [0.2, 0.25) is 0 Å². The van der Waals surface area contributed by atoms with Gasteiger partial charge in [0.2, 0.25) is 5.65 Å². The van der Waals surface area contributed by atoms with Gasteiger partial charge < -0.3 is 14.8 Å². The third-order valence-electron chi connectivity index (χ3n) is 5.12. The van der Waals surface area contributed by atoms with Gasteiger partial charge in [0.05, 0.1) is 5.39 Å². The zero-order valence-electron chi connectivity index (χ0n) is 15.2. The molecule has 0 aromatic carbocycles. The lowest BCUT2D eigenvalue weighted by Gasteiger charge is -2.23. The summed E-state index contributed by atoms with van der Waals surface area (Å²) >= 11 is 0. The summed E-state index contributed by atoms with van der Waals surface area (Å²) < 4.78 is 2.04. The summed E-state index contributed by atoms with van der Waals surface area (Å²) in [6.07, 6.45) is 9.18. The lowest BCUT2D eigenvalue weighted by molar-refractivity contribution is 0.793. The van der Waals surface area contributed by atoms with Gasteiger partial charge in [-0.3, -0.25) is 4.40 Å². The van der Waals surface area contributed by atoms with Crippen molar-refractivity contribution in [1.29, 1.82) is 0 Å². The van der Waals surface area contributed by atoms with Crippen molar-refractivity contribution >= 4 is 28.3 Å². The van der Waals surface area contributed by atoms with Crippen LogP contribution in [-0.4, -0.2) is 60.7 Å². The van der Waals surface area contributed by atoms with Gasteiger partial charge in [-0.2, -0.15) is 0 Å². The maximum atomic E-state index is 4.61. The summed E-state index contributed by atoms with van der Waals surface area (Å²) in [4.78, 5) is 21.2. The van der Waals surface area contributed by atoms with Crippen LogP contribution in [0.5, 0.6) is 0 Å². The Morgan fingerprint density at radius 2 is 1.85 bits per heavy atom. The molecule has 4 aromatic heterocycles. The van der Waals surface area contributed by atoms with Crippen LogP contribution in [-0.2, 0) is 6.42 Å². The fraction of sp³-hybridized carbons (Fsp3) is 0.389. The first kappa shape index (κ1) is 16.0. The second-order valence-corrected chi connectivity index (χ2v) is 6.68. The Hall–Kier alpha value is -3.23. The van der Waals surface area contributed by atoms with E-state index >= 15 is 0 Å². The van der Waals surface area contributed by atoms with Gasteiger partial charge in [-0.05, 0) is 12.5 Å². The van der Waals surface area contributed by atoms with Crippen molar-refractivity contribution in [3.8, 4) is 0 Å². The Bertz CT molecular complexity index is 1080. The van der Waals surface area contributed by atoms with E-state index in [9.17, 15) is 0 Å². The van der Waals surface area contributed by atoms with Gasteiger partial charge in [-0.15, -0.1) is 10.2 Å². The monoisotopic (exact) mass is 363 g/mol. The van der Waals surface area contributed by atoms with Crippen molar-refractivity contribution in [2.75, 3.05) is 36.0 Å². The van der Waals surface area contributed by atoms with Crippen molar-refractivity contribution in [2.24, 2.45) is 0 Å². The maximum Gasteiger partial charge on any atom is 0.203 e. The van der Waals surface area contributed by atoms with Gasteiger partial charge in [0.1, 0.15) is 23.6 Å². The average molecular weight is 363 g/mol. The van der Waals surface area contributed by atoms with Gasteiger partial charge in [-0.1, -0.05) is 6.92 Å². The summed E-state index contributed by atoms with van der Waals surface area (Å²) in [5.41, 5.74) is 1.71. The zero-order chi connectivity index (χ0) is 18.2. The minimum atomic E-state index is 0.831. The molecule has 1 N–H and O–H groups in total. The Balaban J connectivity index is 1.44. The number of anilines is 2. The van der Waals surface area contributed by atoms with Crippen LogP contribution in [0, 0.1) is 0 Å². The number of H-pyrrole nitrogens is 1. The number of rotatable bonds is 3. The first-order valence-corrected chi connectivity index (χ1v) is 9.31. The molecule has 27 heavy (non-hydrogen) atoms. The van der Waals surface area contributed by atoms with E-state index in [4.69, 9.17) is 0 Å². The van der Waals surface area contributed by atoms with Crippen LogP contribution in [0.25, 0.3) is 16.7 Å². The molecule has 5 heterocycles. The van der Waals surface area contributed by atoms with Crippen molar-refractivity contribution in [3.63, 3.8) is 0 Å². The Labute approximate surface area is 156 Å². The Morgan fingerprint density at radius 1 is 1.00 bits per heavy atom. The highest BCUT2D eigenvalue weighted by atomic mass is 15.3. The normalized spacial score (nSPS) is 15.6. The topological polar surface area (TPSA) is 91.1 Å². The number of nitrogens with one attached hydrogen (secondary N) is 1. The summed E-state index contributed by atoms with van der Waals surface area (Å²) in [6.45, 7) is 5.69. The minimum Gasteiger partial charge on any atom is -0.354 e. The average Bonchev–Trinajstić information content (AvgIpc) is 3.28. The molecule has 5 rings (SSSR count). The quantitative estimate of drug-likeness (QED) is 0.592. The lowest BCUT2D eigenvalue weighted by Crippen LogP contribution is -2.32. The number of aromatic nitrogens is 7. The summed E-state index contributed by atoms with van der Waals surface area (Å²) in [6, 6.07) is 2.04. The number of fused-ring (bicyclic) bond motifs is 2. The predicted molar refractivity (Wildman–Crippen MR) is 103 cm³/mol. The molecule has 0 amide bonds. The van der Waals surface area contributed by atoms with E-state index in [1.54, 1.807) is 6.33 Å². The molecule has 138 valence electrons. The van der Waals surface area contributed by atoms with E-state index in [1.165, 1.54) is 0 Å². The second kappa shape index (κ2) is 6.49. The largest absolute Gasteiger partial charge is 0.354 e. The van der Waals surface area contributed by atoms with Gasteiger partial charge in [-0.25, -0.2) is 15.0 Å². The molecule has 9 heteroatoms. The van der Waals surface area contributed by atoms with Gasteiger partial charge >= 0.3 is 0 Å². The van der Waals surface area contributed by atoms with Crippen LogP contribution in [0.15, 0.2) is 31.0 Å². The van der Waals surface area contributed by atoms with Crippen LogP contribution < -0.4 is 9.80 Å². The number of hydrogen-bond donors (Lipinski definition) is 1. The molecular weight excluding hydrogens is 342 g/mol. The van der Waals surface area contributed by atoms with Crippen molar-refractivity contribution in [2.45, 2.75) is 19.8 Å². The third kappa shape index (κ3) is 2.66. The molecule has 0 bridgehead atoms. The molecule has 1 aliphatic heterocycles. The highest BCUT2D eigenvalue weighted by Crippen LogP contribution is 2.25. The molecule has 4 aromatic rings. The highest BCUT2D eigenvalue weighted by molar-refractivity contribution is 5.87. The molecule has 0 saturated carbocycles. The molecule has 0 spiro atoms. The number of hydrogen-bond acceptors (Lipinski definition) is 7. The third-order valence-corrected chi connectivity index (χ3v) is 5.12. The highest BCUT2D eigenvalue weighted by Gasteiger charge is 2.21. The van der Waals surface area contributed by atoms with Crippen molar-refractivity contribution < 1.29 is 0 Å². The van der Waals surface area contributed by atoms with E-state index in [1.807, 2.05) is 29.1 Å². The maximum absolute atomic E-state index is 4.61. The summed E-state index contributed by atoms with van der Waals surface area (Å²) in [7, 11) is 0. The summed E-state index contributed by atoms with van der Waals surface area (Å²) in [5.74, 6) is 2.85. The number of aromatic amines is 1. The van der Waals surface area contributed by atoms with Crippen LogP contribution in [0.4, 0.5) is 11.6 Å². The van der Waals surface area contributed by atoms with Crippen LogP contribution in [0.1, 0.15) is 19.2 Å². The van der Waals surface area contributed by atoms with Crippen molar-refractivity contribution in [3.05, 3.63) is 36.8 Å². The fourth-order valence-electron chi connectivity index (χ4n) is 3.78. The number of nitrogens with zero attached hydrogens (tertiary/aromatic N) is 8. The lowest BCUT2D eigenvalue weighted by atomic mass is 10.3. The van der Waals surface area contributed by atoms with Gasteiger partial charge in [0, 0.05) is 51.2 Å². The second-order valence-electron chi connectivity index (χ2n) is 6.68. The van der Waals surface area contributed by atoms with E-state index in [0.29, 0.717) is 0 Å². The minimum absolute atomic E-state index is 0.831. The van der Waals surface area contributed by atoms with E-state index < -0.39 is 0 Å². The molecule has 1 saturated heterocycles.